The minimum atomic E-state index is -0.122. The molecule has 4 heteroatoms. The molecule has 0 aromatic carbocycles. The maximum Gasteiger partial charge on any atom is 0.249 e. The molecule has 0 aliphatic rings. The van der Waals surface area contributed by atoms with Crippen LogP contribution in [0.25, 0.3) is 22.2 Å². The highest BCUT2D eigenvalue weighted by atomic mass is 32.1. The van der Waals surface area contributed by atoms with Gasteiger partial charge in [-0.1, -0.05) is 0 Å². The molecule has 0 saturated heterocycles. The Kier molecular flexibility index (Phi) is 2.08. The fourth-order valence-electron chi connectivity index (χ4n) is 1.62. The van der Waals surface area contributed by atoms with Crippen molar-refractivity contribution >= 4 is 22.4 Å². The van der Waals surface area contributed by atoms with E-state index in [2.05, 4.69) is 21.4 Å². The number of pyridine rings is 2. The summed E-state index contributed by atoms with van der Waals surface area (Å²) in [5.41, 5.74) is 2.74. The van der Waals surface area contributed by atoms with Crippen molar-refractivity contribution in [3.8, 4) is 11.1 Å². The van der Waals surface area contributed by atoms with Crippen LogP contribution in [0, 0.1) is 0 Å². The molecule has 0 spiro atoms. The van der Waals surface area contributed by atoms with Gasteiger partial charge in [0.25, 0.3) is 0 Å². The summed E-state index contributed by atoms with van der Waals surface area (Å²) in [7, 11) is 0. The molecule has 3 nitrogen and oxygen atoms in total. The van der Waals surface area contributed by atoms with Gasteiger partial charge in [0.2, 0.25) is 5.56 Å². The molecule has 16 heavy (non-hydrogen) atoms. The predicted molar refractivity (Wildman–Crippen MR) is 65.7 cm³/mol. The smallest absolute Gasteiger partial charge is 0.249 e. The lowest BCUT2D eigenvalue weighted by Gasteiger charge is -2.00. The molecule has 3 aromatic rings. The Morgan fingerprint density at radius 2 is 2.12 bits per heavy atom. The van der Waals surface area contributed by atoms with Gasteiger partial charge < -0.3 is 4.98 Å². The highest BCUT2D eigenvalue weighted by Crippen LogP contribution is 2.23. The van der Waals surface area contributed by atoms with Crippen LogP contribution < -0.4 is 5.56 Å². The molecular weight excluding hydrogens is 220 g/mol. The van der Waals surface area contributed by atoms with Gasteiger partial charge in [-0.3, -0.25) is 4.79 Å². The number of rotatable bonds is 1. The molecule has 78 valence electrons. The second-order valence-corrected chi connectivity index (χ2v) is 4.28. The number of hydrogen-bond acceptors (Lipinski definition) is 3. The Labute approximate surface area is 95.4 Å². The molecule has 0 aliphatic carbocycles. The lowest BCUT2D eigenvalue weighted by Crippen LogP contribution is -2.03. The van der Waals surface area contributed by atoms with Crippen LogP contribution >= 0.6 is 11.3 Å². The van der Waals surface area contributed by atoms with Gasteiger partial charge in [-0.25, -0.2) is 4.98 Å². The number of aromatic amines is 1. The molecule has 0 aliphatic heterocycles. The molecule has 3 heterocycles. The van der Waals surface area contributed by atoms with E-state index >= 15 is 0 Å². The fourth-order valence-corrected chi connectivity index (χ4v) is 2.29. The van der Waals surface area contributed by atoms with Crippen molar-refractivity contribution in [2.75, 3.05) is 0 Å². The van der Waals surface area contributed by atoms with Gasteiger partial charge in [0, 0.05) is 23.2 Å². The number of H-pyrrole nitrogens is 1. The van der Waals surface area contributed by atoms with Crippen LogP contribution in [0.5, 0.6) is 0 Å². The minimum absolute atomic E-state index is 0.122. The highest BCUT2D eigenvalue weighted by Gasteiger charge is 2.01. The van der Waals surface area contributed by atoms with Crippen LogP contribution in [0.15, 0.2) is 46.0 Å². The number of hydrogen-bond donors (Lipinski definition) is 1. The van der Waals surface area contributed by atoms with Crippen molar-refractivity contribution < 1.29 is 0 Å². The zero-order chi connectivity index (χ0) is 11.0. The van der Waals surface area contributed by atoms with E-state index in [-0.39, 0.29) is 5.56 Å². The average molecular weight is 228 g/mol. The standard InChI is InChI=1S/C12H8N2OS/c15-11-2-1-8-5-10(6-13-12(8)14-11)9-3-4-16-7-9/h1-7H,(H,13,14,15). The summed E-state index contributed by atoms with van der Waals surface area (Å²) in [6.07, 6.45) is 1.78. The zero-order valence-corrected chi connectivity index (χ0v) is 9.12. The van der Waals surface area contributed by atoms with Crippen LogP contribution in [0.2, 0.25) is 0 Å². The maximum absolute atomic E-state index is 11.1. The van der Waals surface area contributed by atoms with Crippen LogP contribution in [0.4, 0.5) is 0 Å². The van der Waals surface area contributed by atoms with Crippen LogP contribution in [-0.4, -0.2) is 9.97 Å². The summed E-state index contributed by atoms with van der Waals surface area (Å²) < 4.78 is 0. The Bertz CT molecular complexity index is 686. The molecule has 1 N–H and O–H groups in total. The van der Waals surface area contributed by atoms with Crippen molar-refractivity contribution in [2.24, 2.45) is 0 Å². The highest BCUT2D eigenvalue weighted by molar-refractivity contribution is 7.08. The second kappa shape index (κ2) is 3.57. The van der Waals surface area contributed by atoms with Gasteiger partial charge in [-0.15, -0.1) is 0 Å². The lowest BCUT2D eigenvalue weighted by molar-refractivity contribution is 1.23. The Hall–Kier alpha value is -1.94. The summed E-state index contributed by atoms with van der Waals surface area (Å²) in [6.45, 7) is 0. The minimum Gasteiger partial charge on any atom is -0.307 e. The van der Waals surface area contributed by atoms with E-state index in [0.29, 0.717) is 5.65 Å². The average Bonchev–Trinajstić information content (AvgIpc) is 2.82. The zero-order valence-electron chi connectivity index (χ0n) is 8.31. The fraction of sp³-hybridized carbons (Fsp3) is 0. The van der Waals surface area contributed by atoms with Crippen molar-refractivity contribution in [2.45, 2.75) is 0 Å². The lowest BCUT2D eigenvalue weighted by atomic mass is 10.1. The van der Waals surface area contributed by atoms with Gasteiger partial charge in [-0.2, -0.15) is 11.3 Å². The first kappa shape index (κ1) is 9.30. The first-order valence-electron chi connectivity index (χ1n) is 4.84. The summed E-state index contributed by atoms with van der Waals surface area (Å²) >= 11 is 1.66. The number of fused-ring (bicyclic) bond motifs is 1. The number of nitrogens with zero attached hydrogens (tertiary/aromatic N) is 1. The van der Waals surface area contributed by atoms with Crippen molar-refractivity contribution in [1.82, 2.24) is 9.97 Å². The molecule has 0 bridgehead atoms. The molecule has 0 radical (unpaired) electrons. The van der Waals surface area contributed by atoms with E-state index in [1.165, 1.54) is 6.07 Å². The van der Waals surface area contributed by atoms with E-state index in [1.807, 2.05) is 11.4 Å². The van der Waals surface area contributed by atoms with E-state index in [1.54, 1.807) is 23.6 Å². The summed E-state index contributed by atoms with van der Waals surface area (Å²) in [6, 6.07) is 7.39. The summed E-state index contributed by atoms with van der Waals surface area (Å²) in [5, 5.41) is 5.06. The normalized spacial score (nSPS) is 10.8. The molecule has 0 atom stereocenters. The van der Waals surface area contributed by atoms with Crippen molar-refractivity contribution in [3.05, 3.63) is 51.6 Å². The topological polar surface area (TPSA) is 45.8 Å². The van der Waals surface area contributed by atoms with Crippen LogP contribution in [-0.2, 0) is 0 Å². The first-order valence-corrected chi connectivity index (χ1v) is 5.79. The summed E-state index contributed by atoms with van der Waals surface area (Å²) in [4.78, 5) is 18.0. The van der Waals surface area contributed by atoms with Gasteiger partial charge in [-0.05, 0) is 34.5 Å². The summed E-state index contributed by atoms with van der Waals surface area (Å²) in [5.74, 6) is 0. The Balaban J connectivity index is 2.24. The Morgan fingerprint density at radius 3 is 2.94 bits per heavy atom. The van der Waals surface area contributed by atoms with Gasteiger partial charge >= 0.3 is 0 Å². The Morgan fingerprint density at radius 1 is 1.19 bits per heavy atom. The van der Waals surface area contributed by atoms with Crippen molar-refractivity contribution in [1.29, 1.82) is 0 Å². The SMILES string of the molecule is O=c1ccc2cc(-c3ccsc3)cnc2[nH]1. The van der Waals surface area contributed by atoms with Crippen molar-refractivity contribution in [3.63, 3.8) is 0 Å². The molecule has 3 aromatic heterocycles. The van der Waals surface area contributed by atoms with Gasteiger partial charge in [0.05, 0.1) is 0 Å². The van der Waals surface area contributed by atoms with E-state index in [4.69, 9.17) is 0 Å². The third kappa shape index (κ3) is 1.53. The largest absolute Gasteiger partial charge is 0.307 e. The third-order valence-corrected chi connectivity index (χ3v) is 3.11. The van der Waals surface area contributed by atoms with E-state index < -0.39 is 0 Å². The molecular formula is C12H8N2OS. The number of nitrogens with one attached hydrogen (secondary N) is 1. The monoisotopic (exact) mass is 228 g/mol. The van der Waals surface area contributed by atoms with E-state index in [9.17, 15) is 4.79 Å². The number of aromatic nitrogens is 2. The van der Waals surface area contributed by atoms with E-state index in [0.717, 1.165) is 16.5 Å². The molecule has 3 rings (SSSR count). The number of thiophene rings is 1. The molecule has 0 saturated carbocycles. The predicted octanol–water partition coefficient (Wildman–Crippen LogP) is 2.65. The first-order chi connectivity index (χ1) is 7.83. The molecule has 0 amide bonds. The molecule has 0 unspecified atom stereocenters. The molecule has 0 fully saturated rings. The third-order valence-electron chi connectivity index (χ3n) is 2.43. The quantitative estimate of drug-likeness (QED) is 0.696. The van der Waals surface area contributed by atoms with Crippen LogP contribution in [0.1, 0.15) is 0 Å². The second-order valence-electron chi connectivity index (χ2n) is 3.50. The van der Waals surface area contributed by atoms with Gasteiger partial charge in [0.1, 0.15) is 5.65 Å². The van der Waals surface area contributed by atoms with Crippen LogP contribution in [0.3, 0.4) is 0 Å². The maximum atomic E-state index is 11.1. The van der Waals surface area contributed by atoms with Gasteiger partial charge in [0.15, 0.2) is 0 Å².